The maximum Gasteiger partial charge on any atom is 0.194 e. The van der Waals surface area contributed by atoms with E-state index in [-0.39, 0.29) is 5.92 Å². The van der Waals surface area contributed by atoms with Crippen molar-refractivity contribution in [3.05, 3.63) is 47.3 Å². The zero-order valence-corrected chi connectivity index (χ0v) is 19.4. The van der Waals surface area contributed by atoms with E-state index in [1.54, 1.807) is 0 Å². The SMILES string of the molecule is CCCC=CCCCC1CCC(CCC2CCC(c3cc(F)c(F)c(F)c3)CC2)CC1. The molecular formula is C28H41F3. The van der Waals surface area contributed by atoms with E-state index in [4.69, 9.17) is 0 Å². The molecule has 174 valence electrons. The molecule has 0 nitrogen and oxygen atoms in total. The van der Waals surface area contributed by atoms with Gasteiger partial charge in [-0.1, -0.05) is 70.4 Å². The van der Waals surface area contributed by atoms with Crippen LogP contribution in [-0.4, -0.2) is 0 Å². The normalized spacial score (nSPS) is 27.1. The second-order valence-electron chi connectivity index (χ2n) is 10.2. The summed E-state index contributed by atoms with van der Waals surface area (Å²) in [6.45, 7) is 2.23. The average molecular weight is 435 g/mol. The molecule has 2 fully saturated rings. The molecule has 0 aromatic heterocycles. The molecular weight excluding hydrogens is 393 g/mol. The molecule has 0 amide bonds. The van der Waals surface area contributed by atoms with Crippen LogP contribution < -0.4 is 0 Å². The number of hydrogen-bond donors (Lipinski definition) is 0. The minimum absolute atomic E-state index is 0.174. The molecule has 1 aromatic rings. The van der Waals surface area contributed by atoms with Crippen LogP contribution in [0.4, 0.5) is 13.2 Å². The van der Waals surface area contributed by atoms with Crippen LogP contribution in [-0.2, 0) is 0 Å². The molecule has 0 radical (unpaired) electrons. The summed E-state index contributed by atoms with van der Waals surface area (Å²) < 4.78 is 40.3. The van der Waals surface area contributed by atoms with E-state index in [0.717, 1.165) is 43.4 Å². The highest BCUT2D eigenvalue weighted by Crippen LogP contribution is 2.40. The lowest BCUT2D eigenvalue weighted by Gasteiger charge is -2.32. The quantitative estimate of drug-likeness (QED) is 0.195. The lowest BCUT2D eigenvalue weighted by atomic mass is 9.74. The molecule has 0 N–H and O–H groups in total. The predicted octanol–water partition coefficient (Wildman–Crippen LogP) is 9.49. The minimum atomic E-state index is -1.35. The summed E-state index contributed by atoms with van der Waals surface area (Å²) in [6.07, 6.45) is 23.6. The van der Waals surface area contributed by atoms with Crippen molar-refractivity contribution >= 4 is 0 Å². The van der Waals surface area contributed by atoms with Gasteiger partial charge in [0, 0.05) is 0 Å². The number of hydrogen-bond acceptors (Lipinski definition) is 0. The summed E-state index contributed by atoms with van der Waals surface area (Å²) in [5, 5.41) is 0. The molecule has 2 aliphatic rings. The van der Waals surface area contributed by atoms with Crippen molar-refractivity contribution in [1.82, 2.24) is 0 Å². The molecule has 3 heteroatoms. The maximum atomic E-state index is 13.5. The van der Waals surface area contributed by atoms with E-state index < -0.39 is 17.5 Å². The molecule has 0 bridgehead atoms. The summed E-state index contributed by atoms with van der Waals surface area (Å²) >= 11 is 0. The highest BCUT2D eigenvalue weighted by Gasteiger charge is 2.26. The molecule has 0 saturated heterocycles. The predicted molar refractivity (Wildman–Crippen MR) is 124 cm³/mol. The van der Waals surface area contributed by atoms with E-state index in [9.17, 15) is 13.2 Å². The molecule has 0 unspecified atom stereocenters. The number of halogens is 3. The Hall–Kier alpha value is -1.25. The van der Waals surface area contributed by atoms with E-state index >= 15 is 0 Å². The van der Waals surface area contributed by atoms with Crippen LogP contribution in [0, 0.1) is 35.2 Å². The van der Waals surface area contributed by atoms with Crippen molar-refractivity contribution in [3.8, 4) is 0 Å². The van der Waals surface area contributed by atoms with Gasteiger partial charge in [0.05, 0.1) is 0 Å². The summed E-state index contributed by atoms with van der Waals surface area (Å²) in [4.78, 5) is 0. The molecule has 2 aliphatic carbocycles. The Bertz CT molecular complexity index is 656. The highest BCUT2D eigenvalue weighted by molar-refractivity contribution is 5.23. The molecule has 0 spiro atoms. The first kappa shape index (κ1) is 24.4. The Kier molecular flexibility index (Phi) is 9.99. The van der Waals surface area contributed by atoms with Gasteiger partial charge in [-0.2, -0.15) is 0 Å². The Balaban J connectivity index is 1.29. The summed E-state index contributed by atoms with van der Waals surface area (Å²) in [5.41, 5.74) is 0.633. The monoisotopic (exact) mass is 434 g/mol. The second kappa shape index (κ2) is 12.7. The smallest absolute Gasteiger partial charge is 0.194 e. The van der Waals surface area contributed by atoms with Crippen LogP contribution in [0.15, 0.2) is 24.3 Å². The van der Waals surface area contributed by atoms with Crippen LogP contribution in [0.5, 0.6) is 0 Å². The zero-order valence-electron chi connectivity index (χ0n) is 19.4. The third-order valence-corrected chi connectivity index (χ3v) is 7.88. The van der Waals surface area contributed by atoms with E-state index in [0.29, 0.717) is 5.56 Å². The highest BCUT2D eigenvalue weighted by atomic mass is 19.2. The van der Waals surface area contributed by atoms with Crippen LogP contribution in [0.25, 0.3) is 0 Å². The maximum absolute atomic E-state index is 13.5. The molecule has 1 aromatic carbocycles. The van der Waals surface area contributed by atoms with Crippen LogP contribution in [0.3, 0.4) is 0 Å². The third kappa shape index (κ3) is 7.68. The summed E-state index contributed by atoms with van der Waals surface area (Å²) in [5.74, 6) is -0.689. The molecule has 3 rings (SSSR count). The van der Waals surface area contributed by atoms with Gasteiger partial charge >= 0.3 is 0 Å². The number of allylic oxidation sites excluding steroid dienone is 2. The van der Waals surface area contributed by atoms with Crippen molar-refractivity contribution in [2.24, 2.45) is 17.8 Å². The van der Waals surface area contributed by atoms with Crippen molar-refractivity contribution < 1.29 is 13.2 Å². The van der Waals surface area contributed by atoms with Crippen molar-refractivity contribution in [2.75, 3.05) is 0 Å². The Morgan fingerprint density at radius 3 is 1.74 bits per heavy atom. The minimum Gasteiger partial charge on any atom is -0.204 e. The van der Waals surface area contributed by atoms with Gasteiger partial charge in [-0.05, 0) is 86.3 Å². The number of benzene rings is 1. The van der Waals surface area contributed by atoms with Gasteiger partial charge in [0.2, 0.25) is 0 Å². The standard InChI is InChI=1S/C28H41F3/c1-2-3-4-5-6-7-8-21-9-11-22(12-10-21)13-14-23-15-17-24(18-16-23)25-19-26(29)28(31)27(30)20-25/h4-5,19-24H,2-3,6-18H2,1H3. The first-order valence-electron chi connectivity index (χ1n) is 12.9. The Morgan fingerprint density at radius 1 is 0.710 bits per heavy atom. The lowest BCUT2D eigenvalue weighted by Crippen LogP contribution is -2.18. The molecule has 0 atom stereocenters. The van der Waals surface area contributed by atoms with Gasteiger partial charge in [-0.25, -0.2) is 13.2 Å². The van der Waals surface area contributed by atoms with Crippen LogP contribution in [0.1, 0.15) is 115 Å². The van der Waals surface area contributed by atoms with Gasteiger partial charge < -0.3 is 0 Å². The third-order valence-electron chi connectivity index (χ3n) is 7.88. The largest absolute Gasteiger partial charge is 0.204 e. The first-order chi connectivity index (χ1) is 15.1. The molecule has 2 saturated carbocycles. The van der Waals surface area contributed by atoms with Gasteiger partial charge in [0.25, 0.3) is 0 Å². The Morgan fingerprint density at radius 2 is 1.19 bits per heavy atom. The second-order valence-corrected chi connectivity index (χ2v) is 10.2. The summed E-state index contributed by atoms with van der Waals surface area (Å²) in [7, 11) is 0. The van der Waals surface area contributed by atoms with Gasteiger partial charge in [-0.3, -0.25) is 0 Å². The van der Waals surface area contributed by atoms with Crippen molar-refractivity contribution in [2.45, 2.75) is 109 Å². The van der Waals surface area contributed by atoms with Gasteiger partial charge in [0.1, 0.15) is 0 Å². The lowest BCUT2D eigenvalue weighted by molar-refractivity contribution is 0.223. The molecule has 31 heavy (non-hydrogen) atoms. The van der Waals surface area contributed by atoms with Gasteiger partial charge in [0.15, 0.2) is 17.5 Å². The van der Waals surface area contributed by atoms with E-state index in [1.165, 1.54) is 82.8 Å². The fraction of sp³-hybridized carbons (Fsp3) is 0.714. The number of unbranched alkanes of at least 4 members (excludes halogenated alkanes) is 2. The topological polar surface area (TPSA) is 0 Å². The van der Waals surface area contributed by atoms with Crippen LogP contribution >= 0.6 is 0 Å². The first-order valence-corrected chi connectivity index (χ1v) is 12.9. The summed E-state index contributed by atoms with van der Waals surface area (Å²) in [6, 6.07) is 2.40. The van der Waals surface area contributed by atoms with E-state index in [2.05, 4.69) is 19.1 Å². The molecule has 0 heterocycles. The molecule has 0 aliphatic heterocycles. The van der Waals surface area contributed by atoms with Gasteiger partial charge in [-0.15, -0.1) is 0 Å². The van der Waals surface area contributed by atoms with Crippen LogP contribution in [0.2, 0.25) is 0 Å². The number of rotatable bonds is 10. The fourth-order valence-electron chi connectivity index (χ4n) is 5.80. The average Bonchev–Trinajstić information content (AvgIpc) is 2.79. The Labute approximate surface area is 187 Å². The van der Waals surface area contributed by atoms with E-state index in [1.807, 2.05) is 0 Å². The van der Waals surface area contributed by atoms with Crippen molar-refractivity contribution in [1.29, 1.82) is 0 Å². The van der Waals surface area contributed by atoms with Crippen molar-refractivity contribution in [3.63, 3.8) is 0 Å². The zero-order chi connectivity index (χ0) is 22.1. The fourth-order valence-corrected chi connectivity index (χ4v) is 5.80.